The molecule has 0 saturated carbocycles. The van der Waals surface area contributed by atoms with Crippen LogP contribution in [0.1, 0.15) is 13.3 Å². The van der Waals surface area contributed by atoms with Gasteiger partial charge in [-0.1, -0.05) is 6.92 Å². The van der Waals surface area contributed by atoms with E-state index in [0.29, 0.717) is 11.0 Å². The zero-order valence-electron chi connectivity index (χ0n) is 7.84. The van der Waals surface area contributed by atoms with Crippen LogP contribution < -0.4 is 11.3 Å². The Morgan fingerprint density at radius 2 is 2.21 bits per heavy atom. The van der Waals surface area contributed by atoms with Crippen molar-refractivity contribution in [3.8, 4) is 0 Å². The van der Waals surface area contributed by atoms with Crippen LogP contribution in [-0.2, 0) is 6.54 Å². The van der Waals surface area contributed by atoms with Crippen molar-refractivity contribution in [2.24, 2.45) is 5.73 Å². The molecule has 1 heterocycles. The SMILES string of the molecule is CCC(N)Cn1cc(Br)cc(Br)c1=O. The van der Waals surface area contributed by atoms with Gasteiger partial charge < -0.3 is 10.3 Å². The normalized spacial score (nSPS) is 12.9. The molecular weight excluding hydrogens is 312 g/mol. The minimum Gasteiger partial charge on any atom is -0.326 e. The fourth-order valence-corrected chi connectivity index (χ4v) is 2.34. The van der Waals surface area contributed by atoms with E-state index in [1.807, 2.05) is 6.92 Å². The predicted octanol–water partition coefficient (Wildman–Crippen LogP) is 2.11. The average Bonchev–Trinajstić information content (AvgIpc) is 2.13. The minimum absolute atomic E-state index is 0.0221. The highest BCUT2D eigenvalue weighted by Crippen LogP contribution is 2.12. The lowest BCUT2D eigenvalue weighted by Gasteiger charge is -2.11. The molecule has 0 fully saturated rings. The highest BCUT2D eigenvalue weighted by atomic mass is 79.9. The number of nitrogens with two attached hydrogens (primary N) is 1. The van der Waals surface area contributed by atoms with Crippen LogP contribution in [0.3, 0.4) is 0 Å². The quantitative estimate of drug-likeness (QED) is 0.926. The Bertz CT molecular complexity index is 376. The van der Waals surface area contributed by atoms with Crippen molar-refractivity contribution in [2.45, 2.75) is 25.9 Å². The van der Waals surface area contributed by atoms with E-state index in [-0.39, 0.29) is 11.6 Å². The average molecular weight is 324 g/mol. The molecule has 0 aliphatic rings. The third-order valence-corrected chi connectivity index (χ3v) is 2.97. The molecule has 1 atom stereocenters. The van der Waals surface area contributed by atoms with Crippen LogP contribution >= 0.6 is 31.9 Å². The van der Waals surface area contributed by atoms with E-state index in [1.54, 1.807) is 16.8 Å². The van der Waals surface area contributed by atoms with E-state index in [0.717, 1.165) is 10.9 Å². The summed E-state index contributed by atoms with van der Waals surface area (Å²) in [5.41, 5.74) is 5.74. The Morgan fingerprint density at radius 3 is 2.79 bits per heavy atom. The van der Waals surface area contributed by atoms with Gasteiger partial charge in [0, 0.05) is 23.3 Å². The molecular formula is C9H12Br2N2O. The number of nitrogens with zero attached hydrogens (tertiary/aromatic N) is 1. The maximum atomic E-state index is 11.6. The van der Waals surface area contributed by atoms with Crippen LogP contribution in [0.15, 0.2) is 26.0 Å². The second kappa shape index (κ2) is 5.09. The number of aromatic nitrogens is 1. The Balaban J connectivity index is 3.02. The van der Waals surface area contributed by atoms with Gasteiger partial charge in [0.25, 0.3) is 5.56 Å². The lowest BCUT2D eigenvalue weighted by molar-refractivity contribution is 0.525. The zero-order chi connectivity index (χ0) is 10.7. The molecule has 1 aromatic heterocycles. The zero-order valence-corrected chi connectivity index (χ0v) is 11.0. The number of hydrogen-bond donors (Lipinski definition) is 1. The molecule has 0 spiro atoms. The van der Waals surface area contributed by atoms with Crippen molar-refractivity contribution < 1.29 is 0 Å². The summed E-state index contributed by atoms with van der Waals surface area (Å²) >= 11 is 6.53. The first-order chi connectivity index (χ1) is 6.54. The molecule has 3 nitrogen and oxygen atoms in total. The molecule has 0 aliphatic heterocycles. The topological polar surface area (TPSA) is 48.0 Å². The molecule has 0 aliphatic carbocycles. The smallest absolute Gasteiger partial charge is 0.264 e. The van der Waals surface area contributed by atoms with Gasteiger partial charge in [-0.25, -0.2) is 0 Å². The molecule has 0 radical (unpaired) electrons. The fraction of sp³-hybridized carbons (Fsp3) is 0.444. The van der Waals surface area contributed by atoms with E-state index < -0.39 is 0 Å². The van der Waals surface area contributed by atoms with Crippen molar-refractivity contribution in [3.63, 3.8) is 0 Å². The monoisotopic (exact) mass is 322 g/mol. The number of halogens is 2. The molecule has 0 bridgehead atoms. The van der Waals surface area contributed by atoms with Crippen molar-refractivity contribution in [2.75, 3.05) is 0 Å². The Morgan fingerprint density at radius 1 is 1.57 bits per heavy atom. The van der Waals surface area contributed by atoms with Gasteiger partial charge >= 0.3 is 0 Å². The lowest BCUT2D eigenvalue weighted by Crippen LogP contribution is -2.31. The number of rotatable bonds is 3. The molecule has 2 N–H and O–H groups in total. The molecule has 1 rings (SSSR count). The van der Waals surface area contributed by atoms with E-state index in [9.17, 15) is 4.79 Å². The maximum Gasteiger partial charge on any atom is 0.264 e. The second-order valence-corrected chi connectivity index (χ2v) is 4.90. The molecule has 78 valence electrons. The summed E-state index contributed by atoms with van der Waals surface area (Å²) in [6, 6.07) is 1.75. The summed E-state index contributed by atoms with van der Waals surface area (Å²) in [5.74, 6) is 0. The van der Waals surface area contributed by atoms with Gasteiger partial charge in [-0.3, -0.25) is 4.79 Å². The molecule has 1 aromatic rings. The first-order valence-electron chi connectivity index (χ1n) is 4.35. The Kier molecular flexibility index (Phi) is 4.34. The number of pyridine rings is 1. The van der Waals surface area contributed by atoms with E-state index in [1.165, 1.54) is 0 Å². The van der Waals surface area contributed by atoms with E-state index in [4.69, 9.17) is 5.73 Å². The lowest BCUT2D eigenvalue weighted by atomic mass is 10.2. The third kappa shape index (κ3) is 2.93. The van der Waals surface area contributed by atoms with Crippen LogP contribution in [0.2, 0.25) is 0 Å². The van der Waals surface area contributed by atoms with Crippen LogP contribution in [0.5, 0.6) is 0 Å². The largest absolute Gasteiger partial charge is 0.326 e. The van der Waals surface area contributed by atoms with Crippen LogP contribution in [0, 0.1) is 0 Å². The van der Waals surface area contributed by atoms with E-state index in [2.05, 4.69) is 31.9 Å². The molecule has 1 unspecified atom stereocenters. The Hall–Kier alpha value is -0.130. The van der Waals surface area contributed by atoms with Crippen molar-refractivity contribution in [1.29, 1.82) is 0 Å². The van der Waals surface area contributed by atoms with E-state index >= 15 is 0 Å². The van der Waals surface area contributed by atoms with Crippen molar-refractivity contribution >= 4 is 31.9 Å². The minimum atomic E-state index is -0.0444. The second-order valence-electron chi connectivity index (χ2n) is 3.13. The van der Waals surface area contributed by atoms with Gasteiger partial charge in [0.1, 0.15) is 0 Å². The molecule has 5 heteroatoms. The van der Waals surface area contributed by atoms with Crippen LogP contribution in [0.25, 0.3) is 0 Å². The third-order valence-electron chi connectivity index (χ3n) is 1.96. The highest BCUT2D eigenvalue weighted by Gasteiger charge is 2.06. The van der Waals surface area contributed by atoms with Gasteiger partial charge in [-0.05, 0) is 44.3 Å². The van der Waals surface area contributed by atoms with Crippen molar-refractivity contribution in [3.05, 3.63) is 31.6 Å². The molecule has 0 aromatic carbocycles. The van der Waals surface area contributed by atoms with Gasteiger partial charge in [0.2, 0.25) is 0 Å². The van der Waals surface area contributed by atoms with Gasteiger partial charge in [-0.2, -0.15) is 0 Å². The van der Waals surface area contributed by atoms with Gasteiger partial charge in [-0.15, -0.1) is 0 Å². The summed E-state index contributed by atoms with van der Waals surface area (Å²) in [7, 11) is 0. The summed E-state index contributed by atoms with van der Waals surface area (Å²) in [5, 5.41) is 0. The summed E-state index contributed by atoms with van der Waals surface area (Å²) < 4.78 is 3.03. The van der Waals surface area contributed by atoms with Crippen LogP contribution in [-0.4, -0.2) is 10.6 Å². The standard InChI is InChI=1S/C9H12Br2N2O/c1-2-7(12)5-13-4-6(10)3-8(11)9(13)14/h3-4,7H,2,5,12H2,1H3. The fourth-order valence-electron chi connectivity index (χ4n) is 1.08. The first kappa shape index (κ1) is 11.9. The molecule has 14 heavy (non-hydrogen) atoms. The van der Waals surface area contributed by atoms with Crippen molar-refractivity contribution in [1.82, 2.24) is 4.57 Å². The number of hydrogen-bond acceptors (Lipinski definition) is 2. The van der Waals surface area contributed by atoms with Gasteiger partial charge in [0.15, 0.2) is 0 Å². The van der Waals surface area contributed by atoms with Gasteiger partial charge in [0.05, 0.1) is 4.47 Å². The summed E-state index contributed by atoms with van der Waals surface area (Å²) in [6.07, 6.45) is 2.61. The van der Waals surface area contributed by atoms with Crippen LogP contribution in [0.4, 0.5) is 0 Å². The highest BCUT2D eigenvalue weighted by molar-refractivity contribution is 9.11. The first-order valence-corrected chi connectivity index (χ1v) is 5.94. The molecule has 0 amide bonds. The Labute approximate surface area is 99.6 Å². The predicted molar refractivity (Wildman–Crippen MR) is 64.4 cm³/mol. The summed E-state index contributed by atoms with van der Waals surface area (Å²) in [6.45, 7) is 2.55. The molecule has 0 saturated heterocycles. The maximum absolute atomic E-state index is 11.6. The summed E-state index contributed by atoms with van der Waals surface area (Å²) in [4.78, 5) is 11.6.